The van der Waals surface area contributed by atoms with Crippen LogP contribution in [0.25, 0.3) is 23.2 Å². The fraction of sp³-hybridized carbons (Fsp3) is 0.300. The fourth-order valence-electron chi connectivity index (χ4n) is 3.00. The minimum atomic E-state index is -4.64. The van der Waals surface area contributed by atoms with Crippen molar-refractivity contribution in [1.29, 1.82) is 0 Å². The van der Waals surface area contributed by atoms with Crippen LogP contribution in [0.5, 0.6) is 0 Å². The van der Waals surface area contributed by atoms with Gasteiger partial charge >= 0.3 is 12.1 Å². The van der Waals surface area contributed by atoms with E-state index >= 15 is 0 Å². The summed E-state index contributed by atoms with van der Waals surface area (Å²) in [7, 11) is 0. The number of carboxylic acid groups (broad SMARTS) is 1. The van der Waals surface area contributed by atoms with Gasteiger partial charge in [-0.05, 0) is 25.0 Å². The van der Waals surface area contributed by atoms with Crippen LogP contribution in [-0.4, -0.2) is 53.8 Å². The van der Waals surface area contributed by atoms with Gasteiger partial charge in [0.25, 0.3) is 6.43 Å². The van der Waals surface area contributed by atoms with Crippen molar-refractivity contribution >= 4 is 23.7 Å². The zero-order chi connectivity index (χ0) is 24.5. The highest BCUT2D eigenvalue weighted by Crippen LogP contribution is 2.41. The summed E-state index contributed by atoms with van der Waals surface area (Å²) in [6, 6.07) is 2.33. The smallest absolute Gasteiger partial charge is 0.433 e. The molecule has 3 heterocycles. The predicted octanol–water partition coefficient (Wildman–Crippen LogP) is 3.79. The van der Waals surface area contributed by atoms with Crippen molar-refractivity contribution in [3.05, 3.63) is 47.8 Å². The van der Waals surface area contributed by atoms with E-state index in [1.807, 2.05) is 0 Å². The molecule has 0 amide bonds. The monoisotopic (exact) mass is 481 g/mol. The molecule has 1 saturated carbocycles. The van der Waals surface area contributed by atoms with Crippen molar-refractivity contribution in [2.24, 2.45) is 0 Å². The Kier molecular flexibility index (Phi) is 6.22. The van der Waals surface area contributed by atoms with Crippen molar-refractivity contribution in [3.63, 3.8) is 0 Å². The summed E-state index contributed by atoms with van der Waals surface area (Å²) in [5.41, 5.74) is -0.901. The molecule has 0 bridgehead atoms. The first-order valence-electron chi connectivity index (χ1n) is 9.90. The van der Waals surface area contributed by atoms with Gasteiger partial charge in [-0.15, -0.1) is 5.10 Å². The van der Waals surface area contributed by atoms with Crippen molar-refractivity contribution in [2.45, 2.75) is 31.4 Å². The highest BCUT2D eigenvalue weighted by molar-refractivity contribution is 6.19. The van der Waals surface area contributed by atoms with E-state index in [-0.39, 0.29) is 34.4 Å². The number of nitrogens with zero attached hydrogens (tertiary/aromatic N) is 6. The van der Waals surface area contributed by atoms with Gasteiger partial charge in [0.05, 0.1) is 12.1 Å². The average molecular weight is 481 g/mol. The number of hydrogen-bond donors (Lipinski definition) is 2. The molecule has 1 aliphatic carbocycles. The van der Waals surface area contributed by atoms with E-state index in [1.165, 1.54) is 6.07 Å². The normalized spacial score (nSPS) is 14.5. The summed E-state index contributed by atoms with van der Waals surface area (Å²) in [4.78, 5) is 27.0. The molecule has 0 unspecified atom stereocenters. The highest BCUT2D eigenvalue weighted by atomic mass is 19.4. The minimum Gasteiger partial charge on any atom is -0.478 e. The number of rotatable bonds is 8. The lowest BCUT2D eigenvalue weighted by atomic mass is 10.1. The van der Waals surface area contributed by atoms with Crippen LogP contribution in [-0.2, 0) is 11.0 Å². The van der Waals surface area contributed by atoms with Crippen LogP contribution in [0.4, 0.5) is 27.9 Å². The lowest BCUT2D eigenvalue weighted by molar-refractivity contribution is -0.141. The van der Waals surface area contributed by atoms with E-state index in [1.54, 1.807) is 0 Å². The number of carbonyl (C=O) groups is 1. The van der Waals surface area contributed by atoms with Crippen LogP contribution in [0, 0.1) is 0 Å². The molecular weight excluding hydrogens is 465 g/mol. The fourth-order valence-corrected chi connectivity index (χ4v) is 3.00. The zero-order valence-corrected chi connectivity index (χ0v) is 17.2. The number of hydrogen-bond acceptors (Lipinski definition) is 7. The maximum Gasteiger partial charge on any atom is 0.433 e. The van der Waals surface area contributed by atoms with Crippen LogP contribution in [0.1, 0.15) is 35.7 Å². The lowest BCUT2D eigenvalue weighted by Crippen LogP contribution is -2.12. The van der Waals surface area contributed by atoms with Crippen molar-refractivity contribution in [1.82, 2.24) is 29.7 Å². The summed E-state index contributed by atoms with van der Waals surface area (Å²) >= 11 is 0. The van der Waals surface area contributed by atoms with Gasteiger partial charge in [-0.25, -0.2) is 38.2 Å². The van der Waals surface area contributed by atoms with E-state index in [0.717, 1.165) is 48.5 Å². The maximum absolute atomic E-state index is 13.3. The van der Waals surface area contributed by atoms with Gasteiger partial charge in [0.2, 0.25) is 5.95 Å². The summed E-state index contributed by atoms with van der Waals surface area (Å²) in [6.07, 6.45) is -1.29. The van der Waals surface area contributed by atoms with Crippen LogP contribution in [0.2, 0.25) is 0 Å². The molecule has 178 valence electrons. The number of alkyl halides is 5. The van der Waals surface area contributed by atoms with Gasteiger partial charge in [-0.3, -0.25) is 0 Å². The van der Waals surface area contributed by atoms with Gasteiger partial charge < -0.3 is 10.4 Å². The molecule has 1 aliphatic rings. The molecule has 0 saturated heterocycles. The molecule has 1 fully saturated rings. The number of pyridine rings is 1. The van der Waals surface area contributed by atoms with Gasteiger partial charge in [0.15, 0.2) is 5.82 Å². The van der Waals surface area contributed by atoms with Crippen molar-refractivity contribution < 1.29 is 31.9 Å². The van der Waals surface area contributed by atoms with E-state index in [0.29, 0.717) is 5.69 Å². The Morgan fingerprint density at radius 1 is 1.21 bits per heavy atom. The molecule has 0 spiro atoms. The Morgan fingerprint density at radius 2 is 1.91 bits per heavy atom. The number of aromatic nitrogens is 6. The second-order valence-electron chi connectivity index (χ2n) is 7.40. The van der Waals surface area contributed by atoms with Crippen LogP contribution >= 0.6 is 0 Å². The largest absolute Gasteiger partial charge is 0.478 e. The molecule has 9 nitrogen and oxygen atoms in total. The molecule has 2 N–H and O–H groups in total. The molecule has 34 heavy (non-hydrogen) atoms. The summed E-state index contributed by atoms with van der Waals surface area (Å²) < 4.78 is 65.4. The molecule has 0 atom stereocenters. The maximum atomic E-state index is 13.3. The van der Waals surface area contributed by atoms with Crippen LogP contribution in [0.3, 0.4) is 0 Å². The summed E-state index contributed by atoms with van der Waals surface area (Å²) in [5, 5.41) is 15.9. The molecule has 14 heteroatoms. The number of anilines is 1. The van der Waals surface area contributed by atoms with Crippen LogP contribution in [0.15, 0.2) is 30.9 Å². The molecule has 3 aromatic heterocycles. The molecule has 0 aliphatic heterocycles. The van der Waals surface area contributed by atoms with E-state index < -0.39 is 30.8 Å². The van der Waals surface area contributed by atoms with Gasteiger partial charge in [0.1, 0.15) is 12.0 Å². The van der Waals surface area contributed by atoms with Gasteiger partial charge in [-0.2, -0.15) is 13.2 Å². The third-order valence-electron chi connectivity index (χ3n) is 4.77. The first-order chi connectivity index (χ1) is 16.1. The van der Waals surface area contributed by atoms with E-state index in [2.05, 4.69) is 30.4 Å². The lowest BCUT2D eigenvalue weighted by Gasteiger charge is -2.09. The molecule has 3 aromatic rings. The third kappa shape index (κ3) is 5.50. The minimum absolute atomic E-state index is 0.0419. The topological polar surface area (TPSA) is 119 Å². The quantitative estimate of drug-likeness (QED) is 0.369. The standard InChI is InChI=1S/C20H16F5N7O2/c21-16(22)7-28-19-26-5-12(6-27-19)13(18(33)34)8-32-9-29-17(31-32)11-3-14(10-1-2-10)30-15(4-11)20(23,24)25/h3-6,8-10,16H,1-2,7H2,(H,33,34)(H,26,27,28)/b13-8+. The van der Waals surface area contributed by atoms with E-state index in [9.17, 15) is 31.9 Å². The third-order valence-corrected chi connectivity index (χ3v) is 4.77. The zero-order valence-electron chi connectivity index (χ0n) is 17.2. The average Bonchev–Trinajstić information content (AvgIpc) is 3.53. The number of halogens is 5. The second-order valence-corrected chi connectivity index (χ2v) is 7.40. The Labute approximate surface area is 188 Å². The molecule has 0 radical (unpaired) electrons. The van der Waals surface area contributed by atoms with Gasteiger partial charge in [-0.1, -0.05) is 0 Å². The first-order valence-corrected chi connectivity index (χ1v) is 9.90. The van der Waals surface area contributed by atoms with Crippen molar-refractivity contribution in [3.8, 4) is 11.4 Å². The first kappa shape index (κ1) is 23.2. The molecule has 4 rings (SSSR count). The van der Waals surface area contributed by atoms with Crippen LogP contribution < -0.4 is 5.32 Å². The second kappa shape index (κ2) is 9.11. The highest BCUT2D eigenvalue weighted by Gasteiger charge is 2.35. The predicted molar refractivity (Wildman–Crippen MR) is 109 cm³/mol. The summed E-state index contributed by atoms with van der Waals surface area (Å²) in [5.74, 6) is -1.56. The number of aliphatic carboxylic acids is 1. The molecule has 0 aromatic carbocycles. The molecular formula is C20H16F5N7O2. The number of carboxylic acids is 1. The van der Waals surface area contributed by atoms with Crippen molar-refractivity contribution in [2.75, 3.05) is 11.9 Å². The SMILES string of the molecule is O=C(O)/C(=C/n1cnc(-c2cc(C3CC3)nc(C(F)(F)F)c2)n1)c1cnc(NCC(F)F)nc1. The number of nitrogens with one attached hydrogen (secondary N) is 1. The Bertz CT molecular complexity index is 1220. The van der Waals surface area contributed by atoms with E-state index in [4.69, 9.17) is 0 Å². The summed E-state index contributed by atoms with van der Waals surface area (Å²) in [6.45, 7) is -0.670. The Morgan fingerprint density at radius 3 is 2.50 bits per heavy atom. The van der Waals surface area contributed by atoms with Gasteiger partial charge in [0, 0.05) is 41.3 Å². The Balaban J connectivity index is 1.62. The Hall–Kier alpha value is -3.97.